The van der Waals surface area contributed by atoms with Gasteiger partial charge in [-0.25, -0.2) is 0 Å². The maximum absolute atomic E-state index is 3.56. The van der Waals surface area contributed by atoms with Crippen molar-refractivity contribution in [1.29, 1.82) is 0 Å². The molecule has 1 aromatic carbocycles. The Bertz CT molecular complexity index is 315. The molecule has 0 bridgehead atoms. The lowest BCUT2D eigenvalue weighted by Gasteiger charge is -2.18. The first-order chi connectivity index (χ1) is 7.00. The number of benzene rings is 1. The molecule has 0 spiro atoms. The molecule has 0 fully saturated rings. The highest BCUT2D eigenvalue weighted by molar-refractivity contribution is 5.30. The highest BCUT2D eigenvalue weighted by Gasteiger charge is 2.06. The molecular weight excluding hydrogens is 182 g/mol. The molecule has 1 atom stereocenters. The Hall–Kier alpha value is -0.820. The first kappa shape index (κ1) is 12.3. The normalized spacial score (nSPS) is 13.2. The van der Waals surface area contributed by atoms with Crippen molar-refractivity contribution in [2.45, 2.75) is 47.2 Å². The van der Waals surface area contributed by atoms with Gasteiger partial charge < -0.3 is 5.32 Å². The van der Waals surface area contributed by atoms with Crippen LogP contribution in [0.3, 0.4) is 0 Å². The fourth-order valence-corrected chi connectivity index (χ4v) is 1.55. The summed E-state index contributed by atoms with van der Waals surface area (Å²) in [5.41, 5.74) is 4.14. The lowest BCUT2D eigenvalue weighted by Crippen LogP contribution is -2.30. The van der Waals surface area contributed by atoms with E-state index in [0.29, 0.717) is 12.0 Å². The Kier molecular flexibility index (Phi) is 4.34. The quantitative estimate of drug-likeness (QED) is 0.794. The van der Waals surface area contributed by atoms with Crippen LogP contribution in [0.5, 0.6) is 0 Å². The van der Waals surface area contributed by atoms with Gasteiger partial charge in [-0.05, 0) is 37.8 Å². The predicted molar refractivity (Wildman–Crippen MR) is 67.1 cm³/mol. The topological polar surface area (TPSA) is 12.0 Å². The van der Waals surface area contributed by atoms with Gasteiger partial charge >= 0.3 is 0 Å². The van der Waals surface area contributed by atoms with Crippen molar-refractivity contribution in [3.63, 3.8) is 0 Å². The molecule has 0 aliphatic carbocycles. The van der Waals surface area contributed by atoms with Gasteiger partial charge in [-0.1, -0.05) is 37.6 Å². The maximum Gasteiger partial charge on any atom is 0.0210 e. The lowest BCUT2D eigenvalue weighted by molar-refractivity contribution is 0.426. The summed E-state index contributed by atoms with van der Waals surface area (Å²) in [5, 5.41) is 3.56. The Morgan fingerprint density at radius 3 is 2.33 bits per heavy atom. The van der Waals surface area contributed by atoms with Crippen molar-refractivity contribution in [1.82, 2.24) is 5.32 Å². The van der Waals surface area contributed by atoms with Crippen LogP contribution >= 0.6 is 0 Å². The number of rotatable bonds is 4. The largest absolute Gasteiger partial charge is 0.310 e. The van der Waals surface area contributed by atoms with Crippen molar-refractivity contribution in [2.24, 2.45) is 5.92 Å². The predicted octanol–water partition coefficient (Wildman–Crippen LogP) is 3.44. The minimum Gasteiger partial charge on any atom is -0.310 e. The van der Waals surface area contributed by atoms with Gasteiger partial charge in [0.15, 0.2) is 0 Å². The van der Waals surface area contributed by atoms with E-state index < -0.39 is 0 Å². The molecule has 0 aliphatic rings. The van der Waals surface area contributed by atoms with Crippen LogP contribution in [0.2, 0.25) is 0 Å². The van der Waals surface area contributed by atoms with Crippen molar-refractivity contribution in [3.05, 3.63) is 34.9 Å². The van der Waals surface area contributed by atoms with E-state index in [1.807, 2.05) is 0 Å². The SMILES string of the molecule is Cc1ccc(CN[C@H](C)C(C)C)c(C)c1. The molecule has 0 unspecified atom stereocenters. The second-order valence-corrected chi connectivity index (χ2v) is 4.84. The third-order valence-corrected chi connectivity index (χ3v) is 3.11. The molecule has 0 heterocycles. The molecule has 1 heteroatoms. The fourth-order valence-electron chi connectivity index (χ4n) is 1.55. The number of aryl methyl sites for hydroxylation is 2. The van der Waals surface area contributed by atoms with Crippen LogP contribution in [0, 0.1) is 19.8 Å². The molecule has 1 N–H and O–H groups in total. The molecule has 0 radical (unpaired) electrons. The maximum atomic E-state index is 3.56. The van der Waals surface area contributed by atoms with E-state index in [1.54, 1.807) is 0 Å². The summed E-state index contributed by atoms with van der Waals surface area (Å²) in [7, 11) is 0. The Morgan fingerprint density at radius 2 is 1.80 bits per heavy atom. The van der Waals surface area contributed by atoms with Crippen LogP contribution in [-0.2, 0) is 6.54 Å². The van der Waals surface area contributed by atoms with Gasteiger partial charge in [0, 0.05) is 12.6 Å². The first-order valence-electron chi connectivity index (χ1n) is 5.80. The van der Waals surface area contributed by atoms with Gasteiger partial charge in [0.05, 0.1) is 0 Å². The Labute approximate surface area is 93.9 Å². The van der Waals surface area contributed by atoms with Crippen LogP contribution in [0.15, 0.2) is 18.2 Å². The average molecular weight is 205 g/mol. The summed E-state index contributed by atoms with van der Waals surface area (Å²) in [6.45, 7) is 12.0. The van der Waals surface area contributed by atoms with E-state index in [9.17, 15) is 0 Å². The summed E-state index contributed by atoms with van der Waals surface area (Å²) < 4.78 is 0. The summed E-state index contributed by atoms with van der Waals surface area (Å²) >= 11 is 0. The van der Waals surface area contributed by atoms with Gasteiger partial charge in [0.1, 0.15) is 0 Å². The third kappa shape index (κ3) is 3.67. The first-order valence-corrected chi connectivity index (χ1v) is 5.80. The number of hydrogen-bond donors (Lipinski definition) is 1. The molecule has 15 heavy (non-hydrogen) atoms. The van der Waals surface area contributed by atoms with Gasteiger partial charge in [0.2, 0.25) is 0 Å². The highest BCUT2D eigenvalue weighted by Crippen LogP contribution is 2.11. The molecular formula is C14H23N. The fraction of sp³-hybridized carbons (Fsp3) is 0.571. The van der Waals surface area contributed by atoms with Crippen LogP contribution in [0.1, 0.15) is 37.5 Å². The van der Waals surface area contributed by atoms with Crippen LogP contribution in [0.4, 0.5) is 0 Å². The van der Waals surface area contributed by atoms with E-state index in [1.165, 1.54) is 16.7 Å². The average Bonchev–Trinajstić information content (AvgIpc) is 2.15. The molecule has 1 rings (SSSR count). The summed E-state index contributed by atoms with van der Waals surface area (Å²) in [6, 6.07) is 7.23. The zero-order valence-electron chi connectivity index (χ0n) is 10.6. The van der Waals surface area contributed by atoms with E-state index in [4.69, 9.17) is 0 Å². The molecule has 84 valence electrons. The third-order valence-electron chi connectivity index (χ3n) is 3.11. The van der Waals surface area contributed by atoms with Crippen LogP contribution in [0.25, 0.3) is 0 Å². The molecule has 0 saturated heterocycles. The van der Waals surface area contributed by atoms with Crippen molar-refractivity contribution in [3.8, 4) is 0 Å². The molecule has 1 nitrogen and oxygen atoms in total. The van der Waals surface area contributed by atoms with E-state index >= 15 is 0 Å². The monoisotopic (exact) mass is 205 g/mol. The minimum atomic E-state index is 0.575. The molecule has 1 aromatic rings. The second-order valence-electron chi connectivity index (χ2n) is 4.84. The molecule has 0 amide bonds. The zero-order valence-corrected chi connectivity index (χ0v) is 10.6. The Morgan fingerprint density at radius 1 is 1.13 bits per heavy atom. The van der Waals surface area contributed by atoms with Crippen LogP contribution in [-0.4, -0.2) is 6.04 Å². The van der Waals surface area contributed by atoms with Crippen molar-refractivity contribution in [2.75, 3.05) is 0 Å². The van der Waals surface area contributed by atoms with Gasteiger partial charge in [-0.15, -0.1) is 0 Å². The summed E-state index contributed by atoms with van der Waals surface area (Å²) in [5.74, 6) is 0.691. The van der Waals surface area contributed by atoms with Crippen molar-refractivity contribution >= 4 is 0 Å². The van der Waals surface area contributed by atoms with Crippen molar-refractivity contribution < 1.29 is 0 Å². The van der Waals surface area contributed by atoms with E-state index in [2.05, 4.69) is 58.1 Å². The summed E-state index contributed by atoms with van der Waals surface area (Å²) in [4.78, 5) is 0. The minimum absolute atomic E-state index is 0.575. The lowest BCUT2D eigenvalue weighted by atomic mass is 10.0. The van der Waals surface area contributed by atoms with Crippen LogP contribution < -0.4 is 5.32 Å². The number of hydrogen-bond acceptors (Lipinski definition) is 1. The van der Waals surface area contributed by atoms with Gasteiger partial charge in [-0.2, -0.15) is 0 Å². The van der Waals surface area contributed by atoms with E-state index in [-0.39, 0.29) is 0 Å². The Balaban J connectivity index is 2.58. The number of nitrogens with one attached hydrogen (secondary N) is 1. The smallest absolute Gasteiger partial charge is 0.0210 e. The second kappa shape index (κ2) is 5.32. The van der Waals surface area contributed by atoms with Gasteiger partial charge in [-0.3, -0.25) is 0 Å². The standard InChI is InChI=1S/C14H23N/c1-10(2)13(5)15-9-14-7-6-11(3)8-12(14)4/h6-8,10,13,15H,9H2,1-5H3/t13-/m1/s1. The highest BCUT2D eigenvalue weighted by atomic mass is 14.9. The zero-order chi connectivity index (χ0) is 11.4. The van der Waals surface area contributed by atoms with E-state index in [0.717, 1.165) is 6.54 Å². The van der Waals surface area contributed by atoms with Gasteiger partial charge in [0.25, 0.3) is 0 Å². The molecule has 0 aliphatic heterocycles. The molecule has 0 aromatic heterocycles. The summed E-state index contributed by atoms with van der Waals surface area (Å²) in [6.07, 6.45) is 0. The molecule has 0 saturated carbocycles.